The standard InChI is InChI=1S/C27H23N5O4S3/c1-14-12-18(33)29-27-32(14)30-23(39-27)22(37)17-13-38-25-19(28)24(34)31(25)20(17)26(35)36-21(15-8-4-2-5-9-15)16-10-6-3-7-11-16/h2-12,19,21-22,25,37H,13,28H2,1H3/t19-,22?,25-/m1/s1. The number of aryl methyl sites for hydroxylation is 1. The number of rotatable bonds is 6. The predicted octanol–water partition coefficient (Wildman–Crippen LogP) is 3.26. The van der Waals surface area contributed by atoms with Crippen LogP contribution in [-0.2, 0) is 14.3 Å². The van der Waals surface area contributed by atoms with E-state index >= 15 is 0 Å². The molecule has 1 saturated heterocycles. The van der Waals surface area contributed by atoms with Gasteiger partial charge in [0, 0.05) is 17.5 Å². The van der Waals surface area contributed by atoms with Crippen LogP contribution < -0.4 is 11.3 Å². The van der Waals surface area contributed by atoms with E-state index in [1.165, 1.54) is 34.1 Å². The topological polar surface area (TPSA) is 120 Å². The maximum absolute atomic E-state index is 14.0. The van der Waals surface area contributed by atoms with Gasteiger partial charge in [-0.2, -0.15) is 22.7 Å². The van der Waals surface area contributed by atoms with Gasteiger partial charge in [0.15, 0.2) is 6.10 Å². The third-order valence-corrected chi connectivity index (χ3v) is 9.70. The number of hydrogen-bond acceptors (Lipinski definition) is 10. The number of thiol groups is 1. The summed E-state index contributed by atoms with van der Waals surface area (Å²) < 4.78 is 7.73. The highest BCUT2D eigenvalue weighted by atomic mass is 32.2. The van der Waals surface area contributed by atoms with Crippen LogP contribution in [0.3, 0.4) is 0 Å². The van der Waals surface area contributed by atoms with Gasteiger partial charge in [-0.3, -0.25) is 14.5 Å². The number of ether oxygens (including phenoxy) is 1. The molecule has 4 heterocycles. The number of aromatic nitrogens is 3. The second kappa shape index (κ2) is 10.3. The van der Waals surface area contributed by atoms with E-state index in [1.54, 1.807) is 11.4 Å². The SMILES string of the molecule is Cc1cc(=O)nc2sc(C(S)C3=C(C(=O)OC(c4ccccc4)c4ccccc4)N4C(=O)[C@@H](N)[C@H]4SC3)nn12. The first-order valence-electron chi connectivity index (χ1n) is 12.1. The first-order valence-corrected chi connectivity index (χ1v) is 14.5. The summed E-state index contributed by atoms with van der Waals surface area (Å²) in [6.45, 7) is 1.77. The number of thioether (sulfide) groups is 1. The predicted molar refractivity (Wildman–Crippen MR) is 153 cm³/mol. The third-order valence-electron chi connectivity index (χ3n) is 6.67. The number of amides is 1. The van der Waals surface area contributed by atoms with Crippen LogP contribution in [0.25, 0.3) is 4.96 Å². The molecule has 0 radical (unpaired) electrons. The zero-order valence-electron chi connectivity index (χ0n) is 20.6. The largest absolute Gasteiger partial charge is 0.448 e. The summed E-state index contributed by atoms with van der Waals surface area (Å²) in [4.78, 5) is 44.7. The minimum Gasteiger partial charge on any atom is -0.448 e. The lowest BCUT2D eigenvalue weighted by Crippen LogP contribution is -2.68. The molecule has 1 amide bonds. The number of hydrogen-bond donors (Lipinski definition) is 2. The number of carbonyl (C=O) groups is 2. The average molecular weight is 578 g/mol. The van der Waals surface area contributed by atoms with Crippen LogP contribution in [0.1, 0.15) is 33.2 Å². The summed E-state index contributed by atoms with van der Waals surface area (Å²) in [6.07, 6.45) is -0.689. The van der Waals surface area contributed by atoms with E-state index in [0.717, 1.165) is 11.1 Å². The molecule has 2 N–H and O–H groups in total. The molecule has 3 atom stereocenters. The summed E-state index contributed by atoms with van der Waals surface area (Å²) in [6, 6.07) is 19.6. The van der Waals surface area contributed by atoms with Crippen molar-refractivity contribution < 1.29 is 14.3 Å². The molecule has 2 aromatic carbocycles. The number of nitrogens with zero attached hydrogens (tertiary/aromatic N) is 4. The van der Waals surface area contributed by atoms with Crippen LogP contribution in [0.5, 0.6) is 0 Å². The van der Waals surface area contributed by atoms with Gasteiger partial charge >= 0.3 is 5.97 Å². The van der Waals surface area contributed by atoms with Gasteiger partial charge in [0.2, 0.25) is 10.9 Å². The Balaban J connectivity index is 1.42. The van der Waals surface area contributed by atoms with E-state index in [0.29, 0.717) is 27.0 Å². The lowest BCUT2D eigenvalue weighted by molar-refractivity contribution is -0.153. The Labute approximate surface area is 237 Å². The van der Waals surface area contributed by atoms with Gasteiger partial charge < -0.3 is 10.5 Å². The van der Waals surface area contributed by atoms with Crippen LogP contribution in [-0.4, -0.2) is 48.5 Å². The highest BCUT2D eigenvalue weighted by Gasteiger charge is 2.53. The molecule has 0 spiro atoms. The Morgan fingerprint density at radius 3 is 2.38 bits per heavy atom. The molecule has 2 aliphatic heterocycles. The van der Waals surface area contributed by atoms with E-state index in [2.05, 4.69) is 10.1 Å². The molecular weight excluding hydrogens is 555 g/mol. The number of benzene rings is 2. The Morgan fingerprint density at radius 1 is 1.10 bits per heavy atom. The summed E-state index contributed by atoms with van der Waals surface area (Å²) in [5.41, 5.74) is 8.68. The van der Waals surface area contributed by atoms with Crippen molar-refractivity contribution in [1.82, 2.24) is 19.5 Å². The van der Waals surface area contributed by atoms with Crippen molar-refractivity contribution >= 4 is 52.6 Å². The van der Waals surface area contributed by atoms with E-state index in [-0.39, 0.29) is 22.5 Å². The zero-order valence-corrected chi connectivity index (χ0v) is 23.2. The molecule has 2 aliphatic rings. The Hall–Kier alpha value is -3.45. The molecule has 1 fully saturated rings. The second-order valence-electron chi connectivity index (χ2n) is 9.19. The Bertz CT molecular complexity index is 1630. The Kier molecular flexibility index (Phi) is 6.79. The first kappa shape index (κ1) is 25.8. The quantitative estimate of drug-likeness (QED) is 0.204. The number of esters is 1. The van der Waals surface area contributed by atoms with Crippen LogP contribution in [0.4, 0.5) is 0 Å². The molecule has 12 heteroatoms. The van der Waals surface area contributed by atoms with E-state index in [4.69, 9.17) is 23.1 Å². The fourth-order valence-electron chi connectivity index (χ4n) is 4.71. The lowest BCUT2D eigenvalue weighted by Gasteiger charge is -2.48. The number of carbonyl (C=O) groups excluding carboxylic acids is 2. The van der Waals surface area contributed by atoms with Crippen molar-refractivity contribution in [2.45, 2.75) is 29.7 Å². The van der Waals surface area contributed by atoms with Gasteiger partial charge in [0.1, 0.15) is 22.1 Å². The fraction of sp³-hybridized carbons (Fsp3) is 0.222. The summed E-state index contributed by atoms with van der Waals surface area (Å²) in [5, 5.41) is 4.14. The molecule has 0 bridgehead atoms. The van der Waals surface area contributed by atoms with Gasteiger partial charge in [-0.1, -0.05) is 72.0 Å². The molecule has 39 heavy (non-hydrogen) atoms. The highest BCUT2D eigenvalue weighted by Crippen LogP contribution is 2.46. The van der Waals surface area contributed by atoms with E-state index in [9.17, 15) is 14.4 Å². The molecule has 1 unspecified atom stereocenters. The normalized spacial score (nSPS) is 19.7. The average Bonchev–Trinajstić information content (AvgIpc) is 3.39. The number of β-lactam (4-membered cyclic amide) rings is 1. The molecule has 6 rings (SSSR count). The summed E-state index contributed by atoms with van der Waals surface area (Å²) in [7, 11) is 0. The second-order valence-corrected chi connectivity index (χ2v) is 11.8. The summed E-state index contributed by atoms with van der Waals surface area (Å²) in [5.74, 6) is -0.584. The van der Waals surface area contributed by atoms with Crippen molar-refractivity contribution in [2.24, 2.45) is 5.73 Å². The molecule has 198 valence electrons. The molecule has 0 aliphatic carbocycles. The van der Waals surface area contributed by atoms with Gasteiger partial charge in [0.25, 0.3) is 5.56 Å². The molecule has 9 nitrogen and oxygen atoms in total. The maximum Gasteiger partial charge on any atom is 0.356 e. The van der Waals surface area contributed by atoms with Crippen molar-refractivity contribution in [3.8, 4) is 0 Å². The van der Waals surface area contributed by atoms with Crippen LogP contribution >= 0.6 is 35.7 Å². The van der Waals surface area contributed by atoms with Crippen LogP contribution in [0.15, 0.2) is 82.8 Å². The molecule has 2 aromatic heterocycles. The van der Waals surface area contributed by atoms with Crippen molar-refractivity contribution in [3.05, 3.63) is 110 Å². The van der Waals surface area contributed by atoms with Gasteiger partial charge in [-0.05, 0) is 23.6 Å². The minimum absolute atomic E-state index is 0.140. The van der Waals surface area contributed by atoms with Crippen molar-refractivity contribution in [2.75, 3.05) is 5.75 Å². The third kappa shape index (κ3) is 4.56. The smallest absolute Gasteiger partial charge is 0.356 e. The molecule has 4 aromatic rings. The van der Waals surface area contributed by atoms with Crippen LogP contribution in [0.2, 0.25) is 0 Å². The van der Waals surface area contributed by atoms with Crippen molar-refractivity contribution in [1.29, 1.82) is 0 Å². The van der Waals surface area contributed by atoms with Crippen molar-refractivity contribution in [3.63, 3.8) is 0 Å². The molecule has 0 saturated carbocycles. The van der Waals surface area contributed by atoms with Gasteiger partial charge in [-0.15, -0.1) is 11.8 Å². The van der Waals surface area contributed by atoms with Crippen LogP contribution in [0, 0.1) is 6.92 Å². The maximum atomic E-state index is 14.0. The monoisotopic (exact) mass is 577 g/mol. The Morgan fingerprint density at radius 2 is 1.74 bits per heavy atom. The van der Waals surface area contributed by atoms with E-state index < -0.39 is 23.4 Å². The highest BCUT2D eigenvalue weighted by molar-refractivity contribution is 8.00. The van der Waals surface area contributed by atoms with E-state index in [1.807, 2.05) is 60.7 Å². The number of nitrogens with two attached hydrogens (primary N) is 1. The van der Waals surface area contributed by atoms with Gasteiger partial charge in [-0.25, -0.2) is 9.31 Å². The summed E-state index contributed by atoms with van der Waals surface area (Å²) >= 11 is 7.53. The minimum atomic E-state index is -0.697. The fourth-order valence-corrected chi connectivity index (χ4v) is 7.56. The lowest BCUT2D eigenvalue weighted by atomic mass is 10.0. The zero-order chi connectivity index (χ0) is 27.3. The number of fused-ring (bicyclic) bond motifs is 2. The molecular formula is C27H23N5O4S3. The van der Waals surface area contributed by atoms with Gasteiger partial charge in [0.05, 0.1) is 5.25 Å². The first-order chi connectivity index (χ1) is 18.8.